The minimum Gasteiger partial charge on any atom is -0.463 e. The molecule has 1 aliphatic heterocycles. The molecule has 1 aromatic rings. The molecule has 9 nitrogen and oxygen atoms in total. The van der Waals surface area contributed by atoms with Crippen molar-refractivity contribution >= 4 is 64.3 Å². The second kappa shape index (κ2) is 12.1. The number of carbonyl (C=O) groups is 4. The maximum Gasteiger partial charge on any atom is 0.337 e. The number of dihydropyridines is 1. The standard InChI is InChI=1S/C22H23Cl3N2O7/c1-5-32-20(29)17-10(3)26-11(4)18(21(30)33-6-2)19(17)22(31)34-9-16(28)27-15-8-13(24)12(23)7-14(15)25/h7-8,19,26H,5-6,9H2,1-4H3,(H,27,28). The lowest BCUT2D eigenvalue weighted by Gasteiger charge is -2.28. The molecule has 2 N–H and O–H groups in total. The molecule has 184 valence electrons. The maximum absolute atomic E-state index is 13.1. The molecule has 1 amide bonds. The van der Waals surface area contributed by atoms with Gasteiger partial charge >= 0.3 is 17.9 Å². The number of allylic oxidation sites excluding steroid dienone is 2. The molecule has 1 aliphatic rings. The summed E-state index contributed by atoms with van der Waals surface area (Å²) in [5.74, 6) is -4.83. The molecule has 0 atom stereocenters. The molecule has 0 aromatic heterocycles. The van der Waals surface area contributed by atoms with Crippen LogP contribution in [0.1, 0.15) is 27.7 Å². The summed E-state index contributed by atoms with van der Waals surface area (Å²) in [6.45, 7) is 5.66. The molecule has 0 aliphatic carbocycles. The van der Waals surface area contributed by atoms with E-state index >= 15 is 0 Å². The Bertz CT molecular complexity index is 1040. The summed E-state index contributed by atoms with van der Waals surface area (Å²) in [6.07, 6.45) is 0. The van der Waals surface area contributed by atoms with Crippen LogP contribution in [0.4, 0.5) is 5.69 Å². The van der Waals surface area contributed by atoms with Gasteiger partial charge in [0, 0.05) is 11.4 Å². The van der Waals surface area contributed by atoms with Gasteiger partial charge < -0.3 is 24.8 Å². The van der Waals surface area contributed by atoms with E-state index in [1.165, 1.54) is 12.1 Å². The van der Waals surface area contributed by atoms with Gasteiger partial charge in [-0.2, -0.15) is 0 Å². The van der Waals surface area contributed by atoms with Crippen LogP contribution in [0.2, 0.25) is 15.1 Å². The normalized spacial score (nSPS) is 13.9. The van der Waals surface area contributed by atoms with Crippen LogP contribution in [-0.4, -0.2) is 43.6 Å². The van der Waals surface area contributed by atoms with E-state index in [2.05, 4.69) is 10.6 Å². The molecule has 34 heavy (non-hydrogen) atoms. The lowest BCUT2D eigenvalue weighted by atomic mass is 9.85. The van der Waals surface area contributed by atoms with E-state index in [0.717, 1.165) is 0 Å². The Kier molecular flexibility index (Phi) is 9.78. The smallest absolute Gasteiger partial charge is 0.337 e. The average molecular weight is 534 g/mol. The minimum atomic E-state index is -1.46. The molecule has 0 fully saturated rings. The molecule has 12 heteroatoms. The second-order valence-electron chi connectivity index (χ2n) is 6.98. The number of carbonyl (C=O) groups excluding carboxylic acids is 4. The summed E-state index contributed by atoms with van der Waals surface area (Å²) < 4.78 is 15.3. The number of hydrogen-bond donors (Lipinski definition) is 2. The quantitative estimate of drug-likeness (QED) is 0.292. The van der Waals surface area contributed by atoms with E-state index in [-0.39, 0.29) is 45.1 Å². The Labute approximate surface area is 211 Å². The van der Waals surface area contributed by atoms with Gasteiger partial charge in [0.05, 0.1) is 45.1 Å². The van der Waals surface area contributed by atoms with Crippen molar-refractivity contribution in [1.82, 2.24) is 5.32 Å². The van der Waals surface area contributed by atoms with Crippen LogP contribution >= 0.6 is 34.8 Å². The predicted molar refractivity (Wildman–Crippen MR) is 126 cm³/mol. The lowest BCUT2D eigenvalue weighted by molar-refractivity contribution is -0.153. The number of benzene rings is 1. The lowest BCUT2D eigenvalue weighted by Crippen LogP contribution is -2.39. The van der Waals surface area contributed by atoms with E-state index in [1.54, 1.807) is 27.7 Å². The third kappa shape index (κ3) is 6.43. The Morgan fingerprint density at radius 3 is 1.85 bits per heavy atom. The zero-order valence-corrected chi connectivity index (χ0v) is 21.1. The van der Waals surface area contributed by atoms with E-state index in [1.807, 2.05) is 0 Å². The van der Waals surface area contributed by atoms with Crippen LogP contribution in [0, 0.1) is 5.92 Å². The maximum atomic E-state index is 13.1. The number of rotatable bonds is 8. The van der Waals surface area contributed by atoms with Gasteiger partial charge in [0.1, 0.15) is 5.92 Å². The molecule has 0 radical (unpaired) electrons. The van der Waals surface area contributed by atoms with Gasteiger partial charge in [0.25, 0.3) is 5.91 Å². The molecule has 2 rings (SSSR count). The molecule has 1 heterocycles. The monoisotopic (exact) mass is 532 g/mol. The Hall–Kier alpha value is -2.75. The molecular weight excluding hydrogens is 511 g/mol. The SMILES string of the molecule is CCOC(=O)C1=C(C)NC(C)=C(C(=O)OCC)C1C(=O)OCC(=O)Nc1cc(Cl)c(Cl)cc1Cl. The van der Waals surface area contributed by atoms with Crippen LogP contribution in [-0.2, 0) is 33.4 Å². The van der Waals surface area contributed by atoms with Crippen LogP contribution in [0.5, 0.6) is 0 Å². The Balaban J connectivity index is 2.28. The van der Waals surface area contributed by atoms with Crippen molar-refractivity contribution in [2.75, 3.05) is 25.1 Å². The highest BCUT2D eigenvalue weighted by Gasteiger charge is 2.42. The van der Waals surface area contributed by atoms with E-state index in [9.17, 15) is 19.2 Å². The molecular formula is C22H23Cl3N2O7. The minimum absolute atomic E-state index is 0.0433. The van der Waals surface area contributed by atoms with Crippen LogP contribution < -0.4 is 10.6 Å². The summed E-state index contributed by atoms with van der Waals surface area (Å²) in [5.41, 5.74) is 0.530. The van der Waals surface area contributed by atoms with E-state index in [4.69, 9.17) is 49.0 Å². The van der Waals surface area contributed by atoms with Gasteiger partial charge in [-0.15, -0.1) is 0 Å². The fourth-order valence-electron chi connectivity index (χ4n) is 3.21. The molecule has 0 spiro atoms. The van der Waals surface area contributed by atoms with E-state index < -0.39 is 36.3 Å². The highest BCUT2D eigenvalue weighted by atomic mass is 35.5. The van der Waals surface area contributed by atoms with Crippen molar-refractivity contribution in [2.24, 2.45) is 5.92 Å². The molecule has 0 saturated heterocycles. The van der Waals surface area contributed by atoms with E-state index in [0.29, 0.717) is 11.4 Å². The first-order valence-corrected chi connectivity index (χ1v) is 11.3. The van der Waals surface area contributed by atoms with Crippen molar-refractivity contribution in [1.29, 1.82) is 0 Å². The van der Waals surface area contributed by atoms with Crippen molar-refractivity contribution in [2.45, 2.75) is 27.7 Å². The van der Waals surface area contributed by atoms with Crippen LogP contribution in [0.25, 0.3) is 0 Å². The molecule has 0 unspecified atom stereocenters. The fraction of sp³-hybridized carbons (Fsp3) is 0.364. The second-order valence-corrected chi connectivity index (χ2v) is 8.20. The largest absolute Gasteiger partial charge is 0.463 e. The van der Waals surface area contributed by atoms with Crippen LogP contribution in [0.15, 0.2) is 34.7 Å². The summed E-state index contributed by atoms with van der Waals surface area (Å²) >= 11 is 17.8. The fourth-order valence-corrected chi connectivity index (χ4v) is 3.81. The van der Waals surface area contributed by atoms with Gasteiger partial charge in [-0.25, -0.2) is 9.59 Å². The number of halogens is 3. The number of esters is 3. The number of nitrogens with one attached hydrogen (secondary N) is 2. The Morgan fingerprint density at radius 1 is 0.853 bits per heavy atom. The van der Waals surface area contributed by atoms with Gasteiger partial charge in [0.15, 0.2) is 6.61 Å². The molecule has 0 bridgehead atoms. The number of amides is 1. The van der Waals surface area contributed by atoms with Crippen LogP contribution in [0.3, 0.4) is 0 Å². The highest BCUT2D eigenvalue weighted by Crippen LogP contribution is 2.33. The first-order chi connectivity index (χ1) is 16.0. The summed E-state index contributed by atoms with van der Waals surface area (Å²) in [5, 5.41) is 5.82. The highest BCUT2D eigenvalue weighted by molar-refractivity contribution is 6.44. The van der Waals surface area contributed by atoms with Crippen molar-refractivity contribution in [3.8, 4) is 0 Å². The first-order valence-electron chi connectivity index (χ1n) is 10.2. The van der Waals surface area contributed by atoms with Crippen molar-refractivity contribution in [3.63, 3.8) is 0 Å². The van der Waals surface area contributed by atoms with Crippen molar-refractivity contribution in [3.05, 3.63) is 49.7 Å². The van der Waals surface area contributed by atoms with Crippen molar-refractivity contribution < 1.29 is 33.4 Å². The van der Waals surface area contributed by atoms with Gasteiger partial charge in [-0.3, -0.25) is 9.59 Å². The van der Waals surface area contributed by atoms with Gasteiger partial charge in [-0.1, -0.05) is 34.8 Å². The molecule has 1 aromatic carbocycles. The summed E-state index contributed by atoms with van der Waals surface area (Å²) in [7, 11) is 0. The number of ether oxygens (including phenoxy) is 3. The first kappa shape index (κ1) is 27.5. The Morgan fingerprint density at radius 2 is 1.35 bits per heavy atom. The number of hydrogen-bond acceptors (Lipinski definition) is 8. The topological polar surface area (TPSA) is 120 Å². The van der Waals surface area contributed by atoms with Gasteiger partial charge in [-0.05, 0) is 39.8 Å². The third-order valence-corrected chi connectivity index (χ3v) is 5.65. The zero-order valence-electron chi connectivity index (χ0n) is 18.8. The summed E-state index contributed by atoms with van der Waals surface area (Å²) in [6, 6.07) is 2.69. The third-order valence-electron chi connectivity index (χ3n) is 4.62. The predicted octanol–water partition coefficient (Wildman–Crippen LogP) is 4.02. The molecule has 0 saturated carbocycles. The summed E-state index contributed by atoms with van der Waals surface area (Å²) in [4.78, 5) is 50.7. The zero-order chi connectivity index (χ0) is 25.6. The van der Waals surface area contributed by atoms with Gasteiger partial charge in [0.2, 0.25) is 0 Å². The number of anilines is 1. The average Bonchev–Trinajstić information content (AvgIpc) is 2.75.